The summed E-state index contributed by atoms with van der Waals surface area (Å²) in [7, 11) is 0. The van der Waals surface area contributed by atoms with Crippen molar-refractivity contribution >= 4 is 16.9 Å². The number of carbonyl (C=O) groups excluding carboxylic acids is 1. The van der Waals surface area contributed by atoms with Gasteiger partial charge in [0.05, 0.1) is 0 Å². The maximum Gasteiger partial charge on any atom is 0.193 e. The fraction of sp³-hybridized carbons (Fsp3) is 0.462. The molecule has 0 radical (unpaired) electrons. The van der Waals surface area contributed by atoms with Crippen LogP contribution >= 0.6 is 11.8 Å². The molecule has 0 unspecified atom stereocenters. The van der Waals surface area contributed by atoms with Crippen molar-refractivity contribution in [2.24, 2.45) is 0 Å². The Balaban J connectivity index is 2.77. The predicted molar refractivity (Wildman–Crippen MR) is 66.3 cm³/mol. The first kappa shape index (κ1) is 12.3. The summed E-state index contributed by atoms with van der Waals surface area (Å²) in [5.41, 5.74) is 1.48. The van der Waals surface area contributed by atoms with Crippen LogP contribution in [0.5, 0.6) is 0 Å². The smallest absolute Gasteiger partial charge is 0.193 e. The van der Waals surface area contributed by atoms with Gasteiger partial charge in [-0.25, -0.2) is 0 Å². The Bertz CT molecular complexity index is 333. The van der Waals surface area contributed by atoms with Crippen LogP contribution in [0.15, 0.2) is 29.2 Å². The second kappa shape index (κ2) is 4.84. The maximum atomic E-state index is 11.2. The van der Waals surface area contributed by atoms with Crippen molar-refractivity contribution in [2.75, 3.05) is 0 Å². The third kappa shape index (κ3) is 3.71. The molecule has 0 aliphatic carbocycles. The SMILES string of the molecule is CCC(=O)Sc1ccc(C(C)(C)C)cc1. The average Bonchev–Trinajstić information content (AvgIpc) is 2.17. The van der Waals surface area contributed by atoms with E-state index in [4.69, 9.17) is 0 Å². The minimum absolute atomic E-state index is 0.179. The molecule has 0 aromatic heterocycles. The Morgan fingerprint density at radius 3 is 2.13 bits per heavy atom. The van der Waals surface area contributed by atoms with E-state index in [0.717, 1.165) is 4.90 Å². The van der Waals surface area contributed by atoms with Crippen molar-refractivity contribution in [3.63, 3.8) is 0 Å². The lowest BCUT2D eigenvalue weighted by Crippen LogP contribution is -2.10. The zero-order valence-electron chi connectivity index (χ0n) is 9.83. The molecule has 1 rings (SSSR count). The molecule has 15 heavy (non-hydrogen) atoms. The maximum absolute atomic E-state index is 11.2. The Hall–Kier alpha value is -0.760. The highest BCUT2D eigenvalue weighted by Crippen LogP contribution is 2.26. The highest BCUT2D eigenvalue weighted by Gasteiger charge is 2.13. The second-order valence-electron chi connectivity index (χ2n) is 4.60. The van der Waals surface area contributed by atoms with Crippen LogP contribution in [0.25, 0.3) is 0 Å². The van der Waals surface area contributed by atoms with Gasteiger partial charge >= 0.3 is 0 Å². The lowest BCUT2D eigenvalue weighted by molar-refractivity contribution is -0.110. The van der Waals surface area contributed by atoms with E-state index in [-0.39, 0.29) is 10.5 Å². The number of hydrogen-bond acceptors (Lipinski definition) is 2. The summed E-state index contributed by atoms with van der Waals surface area (Å²) in [5, 5.41) is 0.221. The molecule has 0 N–H and O–H groups in total. The molecule has 2 heteroatoms. The largest absolute Gasteiger partial charge is 0.287 e. The van der Waals surface area contributed by atoms with Crippen molar-refractivity contribution in [3.05, 3.63) is 29.8 Å². The summed E-state index contributed by atoms with van der Waals surface area (Å²) >= 11 is 1.32. The van der Waals surface area contributed by atoms with E-state index >= 15 is 0 Å². The molecule has 1 aromatic carbocycles. The second-order valence-corrected chi connectivity index (χ2v) is 5.73. The summed E-state index contributed by atoms with van der Waals surface area (Å²) in [6.45, 7) is 8.45. The average molecular weight is 222 g/mol. The summed E-state index contributed by atoms with van der Waals surface area (Å²) in [6, 6.07) is 8.26. The fourth-order valence-electron chi connectivity index (χ4n) is 1.23. The van der Waals surface area contributed by atoms with E-state index < -0.39 is 0 Å². The highest BCUT2D eigenvalue weighted by atomic mass is 32.2. The third-order valence-corrected chi connectivity index (χ3v) is 3.26. The normalized spacial score (nSPS) is 11.5. The number of carbonyl (C=O) groups is 1. The van der Waals surface area contributed by atoms with Crippen LogP contribution in [0, 0.1) is 0 Å². The minimum Gasteiger partial charge on any atom is -0.287 e. The van der Waals surface area contributed by atoms with Crippen LogP contribution in [0.2, 0.25) is 0 Å². The molecule has 0 atom stereocenters. The molecule has 0 amide bonds. The van der Waals surface area contributed by atoms with Gasteiger partial charge in [0.2, 0.25) is 0 Å². The van der Waals surface area contributed by atoms with Gasteiger partial charge in [-0.1, -0.05) is 51.6 Å². The molecule has 0 saturated heterocycles. The summed E-state index contributed by atoms with van der Waals surface area (Å²) < 4.78 is 0. The van der Waals surface area contributed by atoms with Crippen molar-refractivity contribution in [1.82, 2.24) is 0 Å². The zero-order chi connectivity index (χ0) is 11.5. The Morgan fingerprint density at radius 1 is 1.20 bits per heavy atom. The van der Waals surface area contributed by atoms with Crippen molar-refractivity contribution in [2.45, 2.75) is 44.4 Å². The van der Waals surface area contributed by atoms with Gasteiger partial charge in [-0.3, -0.25) is 4.79 Å². The standard InChI is InChI=1S/C13H18OS/c1-5-12(14)15-11-8-6-10(7-9-11)13(2,3)4/h6-9H,5H2,1-4H3. The Labute approximate surface area is 96.3 Å². The van der Waals surface area contributed by atoms with Crippen LogP contribution in [-0.2, 0) is 10.2 Å². The number of hydrogen-bond donors (Lipinski definition) is 0. The molecule has 0 aliphatic rings. The van der Waals surface area contributed by atoms with Crippen molar-refractivity contribution in [3.8, 4) is 0 Å². The van der Waals surface area contributed by atoms with Gasteiger partial charge in [-0.2, -0.15) is 0 Å². The van der Waals surface area contributed by atoms with Gasteiger partial charge in [-0.05, 0) is 23.1 Å². The first-order chi connectivity index (χ1) is 6.93. The highest BCUT2D eigenvalue weighted by molar-refractivity contribution is 8.13. The number of thioether (sulfide) groups is 1. The van der Waals surface area contributed by atoms with E-state index in [1.807, 2.05) is 19.1 Å². The van der Waals surface area contributed by atoms with Gasteiger partial charge in [0.25, 0.3) is 0 Å². The van der Waals surface area contributed by atoms with Gasteiger partial charge in [-0.15, -0.1) is 0 Å². The van der Waals surface area contributed by atoms with Gasteiger partial charge < -0.3 is 0 Å². The molecule has 0 bridgehead atoms. The molecule has 1 aromatic rings. The molecule has 0 saturated carbocycles. The molecule has 82 valence electrons. The number of benzene rings is 1. The van der Waals surface area contributed by atoms with Gasteiger partial charge in [0.15, 0.2) is 5.12 Å². The zero-order valence-corrected chi connectivity index (χ0v) is 10.6. The molecule has 1 nitrogen and oxygen atoms in total. The van der Waals surface area contributed by atoms with Crippen LogP contribution in [0.3, 0.4) is 0 Å². The molecular formula is C13H18OS. The van der Waals surface area contributed by atoms with Gasteiger partial charge in [0, 0.05) is 11.3 Å². The summed E-state index contributed by atoms with van der Waals surface area (Å²) in [4.78, 5) is 12.3. The quantitative estimate of drug-likeness (QED) is 0.703. The van der Waals surface area contributed by atoms with E-state index in [1.165, 1.54) is 17.3 Å². The topological polar surface area (TPSA) is 17.1 Å². The van der Waals surface area contributed by atoms with E-state index in [2.05, 4.69) is 32.9 Å². The summed E-state index contributed by atoms with van der Waals surface area (Å²) in [6.07, 6.45) is 0.589. The van der Waals surface area contributed by atoms with Crippen molar-refractivity contribution in [1.29, 1.82) is 0 Å². The fourth-order valence-corrected chi connectivity index (χ4v) is 1.91. The predicted octanol–water partition coefficient (Wildman–Crippen LogP) is 4.01. The van der Waals surface area contributed by atoms with Crippen LogP contribution in [0.4, 0.5) is 0 Å². The Kier molecular flexibility index (Phi) is 3.97. The van der Waals surface area contributed by atoms with E-state index in [0.29, 0.717) is 6.42 Å². The van der Waals surface area contributed by atoms with Gasteiger partial charge in [0.1, 0.15) is 0 Å². The number of rotatable bonds is 2. The molecule has 0 spiro atoms. The van der Waals surface area contributed by atoms with E-state index in [9.17, 15) is 4.79 Å². The van der Waals surface area contributed by atoms with Crippen LogP contribution < -0.4 is 0 Å². The van der Waals surface area contributed by atoms with E-state index in [1.54, 1.807) is 0 Å². The van der Waals surface area contributed by atoms with Crippen LogP contribution in [0.1, 0.15) is 39.7 Å². The summed E-state index contributed by atoms with van der Waals surface area (Å²) in [5.74, 6) is 0. The minimum atomic E-state index is 0.179. The monoisotopic (exact) mass is 222 g/mol. The first-order valence-corrected chi connectivity index (χ1v) is 6.06. The van der Waals surface area contributed by atoms with Crippen LogP contribution in [-0.4, -0.2) is 5.12 Å². The molecule has 0 aliphatic heterocycles. The molecular weight excluding hydrogens is 204 g/mol. The molecule has 0 fully saturated rings. The third-order valence-electron chi connectivity index (χ3n) is 2.24. The Morgan fingerprint density at radius 2 is 1.73 bits per heavy atom. The molecule has 0 heterocycles. The lowest BCUT2D eigenvalue weighted by atomic mass is 9.87. The lowest BCUT2D eigenvalue weighted by Gasteiger charge is -2.18. The van der Waals surface area contributed by atoms with Crippen molar-refractivity contribution < 1.29 is 4.79 Å². The first-order valence-electron chi connectivity index (χ1n) is 5.24.